The molecule has 0 N–H and O–H groups in total. The topological polar surface area (TPSA) is 16.4 Å². The van der Waals surface area contributed by atoms with Crippen LogP contribution in [0.3, 0.4) is 0 Å². The van der Waals surface area contributed by atoms with E-state index in [0.717, 1.165) is 55.5 Å². The second-order valence-corrected chi connectivity index (χ2v) is 19.8. The standard InChI is InChI=1S/C72H47NO/c1-5-25-50(26-6-1)71(51-27-7-2-8-28-51)63-39-19-16-35-60(63)69-64(71)40-22-42-67(69)73(66-41-20-17-34-57(66)58-36-21-37-59-61-45-48-23-13-14-24-49(48)46-68(61)74-70(58)59)54-43-44-56-55-33-15-18-38-62(55)72(65(56)47-54,52-29-9-3-10-30-52)53-31-11-4-12-32-53/h1-47H. The predicted molar refractivity (Wildman–Crippen MR) is 306 cm³/mol. The Morgan fingerprint density at radius 2 is 0.743 bits per heavy atom. The number of rotatable bonds is 8. The van der Waals surface area contributed by atoms with Crippen LogP contribution in [0.1, 0.15) is 44.5 Å². The van der Waals surface area contributed by atoms with Crippen molar-refractivity contribution in [1.29, 1.82) is 0 Å². The highest BCUT2D eigenvalue weighted by Crippen LogP contribution is 2.62. The highest BCUT2D eigenvalue weighted by molar-refractivity contribution is 6.14. The third-order valence-corrected chi connectivity index (χ3v) is 16.2. The molecule has 0 saturated heterocycles. The van der Waals surface area contributed by atoms with Crippen molar-refractivity contribution >= 4 is 49.8 Å². The normalized spacial score (nSPS) is 13.6. The molecule has 2 aliphatic rings. The Hall–Kier alpha value is -9.50. The van der Waals surface area contributed by atoms with Crippen LogP contribution in [0.15, 0.2) is 290 Å². The van der Waals surface area contributed by atoms with E-state index in [-0.39, 0.29) is 0 Å². The van der Waals surface area contributed by atoms with Crippen LogP contribution in [-0.4, -0.2) is 0 Å². The van der Waals surface area contributed by atoms with Crippen molar-refractivity contribution < 1.29 is 4.42 Å². The molecule has 1 aromatic heterocycles. The summed E-state index contributed by atoms with van der Waals surface area (Å²) in [6.45, 7) is 0. The number of hydrogen-bond acceptors (Lipinski definition) is 2. The first-order valence-electron chi connectivity index (χ1n) is 25.7. The van der Waals surface area contributed by atoms with Crippen molar-refractivity contribution in [3.63, 3.8) is 0 Å². The van der Waals surface area contributed by atoms with Gasteiger partial charge in [0.2, 0.25) is 0 Å². The number of benzene rings is 12. The van der Waals surface area contributed by atoms with Crippen molar-refractivity contribution in [2.45, 2.75) is 10.8 Å². The van der Waals surface area contributed by atoms with Crippen LogP contribution < -0.4 is 4.90 Å². The van der Waals surface area contributed by atoms with E-state index >= 15 is 0 Å². The zero-order valence-electron chi connectivity index (χ0n) is 40.5. The van der Waals surface area contributed by atoms with E-state index in [1.807, 2.05) is 0 Å². The van der Waals surface area contributed by atoms with Gasteiger partial charge in [-0.3, -0.25) is 0 Å². The molecule has 0 spiro atoms. The molecule has 0 atom stereocenters. The molecule has 2 nitrogen and oxygen atoms in total. The first kappa shape index (κ1) is 42.2. The third kappa shape index (κ3) is 5.94. The molecule has 1 heterocycles. The lowest BCUT2D eigenvalue weighted by molar-refractivity contribution is 0.670. The second kappa shape index (κ2) is 16.5. The Morgan fingerprint density at radius 3 is 1.39 bits per heavy atom. The summed E-state index contributed by atoms with van der Waals surface area (Å²) in [4.78, 5) is 2.55. The number of anilines is 3. The Labute approximate surface area is 430 Å². The predicted octanol–water partition coefficient (Wildman–Crippen LogP) is 18.6. The van der Waals surface area contributed by atoms with Gasteiger partial charge in [0.25, 0.3) is 0 Å². The number of nitrogens with zero attached hydrogens (tertiary/aromatic N) is 1. The zero-order chi connectivity index (χ0) is 48.8. The van der Waals surface area contributed by atoms with E-state index in [9.17, 15) is 0 Å². The third-order valence-electron chi connectivity index (χ3n) is 16.2. The molecule has 12 aromatic carbocycles. The molecular weight excluding hydrogens is 895 g/mol. The molecule has 2 heteroatoms. The fourth-order valence-corrected chi connectivity index (χ4v) is 13.2. The average molecular weight is 942 g/mol. The van der Waals surface area contributed by atoms with Gasteiger partial charge in [0.1, 0.15) is 11.2 Å². The average Bonchev–Trinajstić information content (AvgIpc) is 4.12. The Morgan fingerprint density at radius 1 is 0.284 bits per heavy atom. The first-order valence-corrected chi connectivity index (χ1v) is 25.7. The molecule has 0 saturated carbocycles. The number of hydrogen-bond donors (Lipinski definition) is 0. The van der Waals surface area contributed by atoms with E-state index < -0.39 is 10.8 Å². The van der Waals surface area contributed by atoms with Gasteiger partial charge >= 0.3 is 0 Å². The van der Waals surface area contributed by atoms with Crippen LogP contribution >= 0.6 is 0 Å². The van der Waals surface area contributed by atoms with Gasteiger partial charge in [0, 0.05) is 33.2 Å². The highest BCUT2D eigenvalue weighted by Gasteiger charge is 2.49. The smallest absolute Gasteiger partial charge is 0.143 e. The van der Waals surface area contributed by atoms with Gasteiger partial charge in [-0.2, -0.15) is 0 Å². The molecule has 15 rings (SSSR count). The maximum Gasteiger partial charge on any atom is 0.143 e. The maximum absolute atomic E-state index is 7.04. The summed E-state index contributed by atoms with van der Waals surface area (Å²) in [5.74, 6) is 0. The monoisotopic (exact) mass is 941 g/mol. The molecule has 0 aliphatic heterocycles. The summed E-state index contributed by atoms with van der Waals surface area (Å²) < 4.78 is 7.04. The van der Waals surface area contributed by atoms with E-state index in [0.29, 0.717) is 0 Å². The van der Waals surface area contributed by atoms with Gasteiger partial charge in [0.05, 0.1) is 22.2 Å². The molecule has 0 unspecified atom stereocenters. The van der Waals surface area contributed by atoms with E-state index in [1.54, 1.807) is 0 Å². The van der Waals surface area contributed by atoms with E-state index in [4.69, 9.17) is 4.42 Å². The van der Waals surface area contributed by atoms with Crippen LogP contribution in [0.4, 0.5) is 17.1 Å². The Bertz CT molecular complexity index is 4230. The van der Waals surface area contributed by atoms with Crippen LogP contribution in [0.2, 0.25) is 0 Å². The molecule has 74 heavy (non-hydrogen) atoms. The molecule has 346 valence electrons. The first-order chi connectivity index (χ1) is 36.7. The lowest BCUT2D eigenvalue weighted by Gasteiger charge is -2.36. The van der Waals surface area contributed by atoms with Crippen LogP contribution in [-0.2, 0) is 10.8 Å². The number of fused-ring (bicyclic) bond motifs is 10. The fourth-order valence-electron chi connectivity index (χ4n) is 13.2. The summed E-state index contributed by atoms with van der Waals surface area (Å²) in [6, 6.07) is 105. The fraction of sp³-hybridized carbons (Fsp3) is 0.0278. The minimum atomic E-state index is -0.597. The largest absolute Gasteiger partial charge is 0.455 e. The highest BCUT2D eigenvalue weighted by atomic mass is 16.3. The van der Waals surface area contributed by atoms with Crippen molar-refractivity contribution in [3.8, 4) is 33.4 Å². The van der Waals surface area contributed by atoms with Crippen molar-refractivity contribution in [2.75, 3.05) is 4.90 Å². The molecule has 0 radical (unpaired) electrons. The Balaban J connectivity index is 1.05. The lowest BCUT2D eigenvalue weighted by Crippen LogP contribution is -2.29. The number of furan rings is 1. The lowest BCUT2D eigenvalue weighted by atomic mass is 9.67. The Kier molecular flexibility index (Phi) is 9.43. The quantitative estimate of drug-likeness (QED) is 0.151. The van der Waals surface area contributed by atoms with Crippen molar-refractivity contribution in [1.82, 2.24) is 0 Å². The van der Waals surface area contributed by atoms with Crippen molar-refractivity contribution in [2.24, 2.45) is 0 Å². The van der Waals surface area contributed by atoms with Gasteiger partial charge in [0.15, 0.2) is 0 Å². The molecule has 13 aromatic rings. The van der Waals surface area contributed by atoms with E-state index in [2.05, 4.69) is 290 Å². The summed E-state index contributed by atoms with van der Waals surface area (Å²) in [5.41, 5.74) is 20.8. The van der Waals surface area contributed by atoms with Gasteiger partial charge in [-0.25, -0.2) is 0 Å². The van der Waals surface area contributed by atoms with Gasteiger partial charge in [-0.05, 0) is 108 Å². The van der Waals surface area contributed by atoms with Gasteiger partial charge in [-0.15, -0.1) is 0 Å². The van der Waals surface area contributed by atoms with Crippen LogP contribution in [0.25, 0.3) is 66.1 Å². The molecular formula is C72H47NO. The van der Waals surface area contributed by atoms with E-state index in [1.165, 1.54) is 72.1 Å². The molecule has 0 fully saturated rings. The summed E-state index contributed by atoms with van der Waals surface area (Å²) in [7, 11) is 0. The minimum absolute atomic E-state index is 0.589. The zero-order valence-corrected chi connectivity index (χ0v) is 40.5. The second-order valence-electron chi connectivity index (χ2n) is 19.8. The van der Waals surface area contributed by atoms with Gasteiger partial charge in [-0.1, -0.05) is 249 Å². The van der Waals surface area contributed by atoms with Crippen LogP contribution in [0.5, 0.6) is 0 Å². The van der Waals surface area contributed by atoms with Crippen LogP contribution in [0, 0.1) is 0 Å². The molecule has 2 aliphatic carbocycles. The minimum Gasteiger partial charge on any atom is -0.455 e. The van der Waals surface area contributed by atoms with Crippen molar-refractivity contribution in [3.05, 3.63) is 330 Å². The number of para-hydroxylation sites is 2. The van der Waals surface area contributed by atoms with Gasteiger partial charge < -0.3 is 9.32 Å². The molecule has 0 amide bonds. The summed E-state index contributed by atoms with van der Waals surface area (Å²) >= 11 is 0. The summed E-state index contributed by atoms with van der Waals surface area (Å²) in [5, 5.41) is 4.57. The SMILES string of the molecule is c1ccc(C2(c3ccccc3)c3ccccc3-c3ccc(N(c4ccccc4-c4cccc5c4oc4cc6ccccc6cc45)c4cccc5c4-c4ccccc4C5(c4ccccc4)c4ccccc4)cc32)cc1. The molecule has 0 bridgehead atoms. The maximum atomic E-state index is 7.04. The summed E-state index contributed by atoms with van der Waals surface area (Å²) in [6.07, 6.45) is 0.